The second-order valence-corrected chi connectivity index (χ2v) is 5.01. The van der Waals surface area contributed by atoms with Crippen LogP contribution in [0.5, 0.6) is 11.5 Å². The van der Waals surface area contributed by atoms with Gasteiger partial charge in [-0.3, -0.25) is 5.10 Å². The molecule has 5 heteroatoms. The molecular formula is C14H8IN3O. The molecule has 19 heavy (non-hydrogen) atoms. The van der Waals surface area contributed by atoms with Gasteiger partial charge in [-0.15, -0.1) is 0 Å². The molecule has 0 aliphatic heterocycles. The monoisotopic (exact) mass is 361 g/mol. The van der Waals surface area contributed by atoms with Crippen LogP contribution in [0.3, 0.4) is 0 Å². The number of aromatic amines is 1. The molecule has 0 aliphatic carbocycles. The highest BCUT2D eigenvalue weighted by atomic mass is 127. The number of H-pyrrole nitrogens is 1. The number of para-hydroxylation sites is 1. The van der Waals surface area contributed by atoms with E-state index in [1.807, 2.05) is 36.4 Å². The van der Waals surface area contributed by atoms with Gasteiger partial charge in [-0.25, -0.2) is 0 Å². The van der Waals surface area contributed by atoms with Crippen LogP contribution in [0.15, 0.2) is 42.5 Å². The molecule has 0 amide bonds. The lowest BCUT2D eigenvalue weighted by molar-refractivity contribution is 0.482. The second-order valence-electron chi connectivity index (χ2n) is 3.93. The van der Waals surface area contributed by atoms with Gasteiger partial charge in [0.1, 0.15) is 21.3 Å². The lowest BCUT2D eigenvalue weighted by atomic mass is 10.1. The summed E-state index contributed by atoms with van der Waals surface area (Å²) < 4.78 is 6.69. The van der Waals surface area contributed by atoms with E-state index in [2.05, 4.69) is 38.9 Å². The number of nitrogens with one attached hydrogen (secondary N) is 1. The first-order chi connectivity index (χ1) is 9.28. The van der Waals surface area contributed by atoms with Crippen LogP contribution in [-0.2, 0) is 0 Å². The quantitative estimate of drug-likeness (QED) is 0.706. The summed E-state index contributed by atoms with van der Waals surface area (Å²) in [6.07, 6.45) is 0. The van der Waals surface area contributed by atoms with Crippen LogP contribution >= 0.6 is 22.6 Å². The average molecular weight is 361 g/mol. The number of nitriles is 1. The maximum absolute atomic E-state index is 9.19. The Morgan fingerprint density at radius 1 is 1.21 bits per heavy atom. The van der Waals surface area contributed by atoms with E-state index in [1.54, 1.807) is 6.07 Å². The fraction of sp³-hybridized carbons (Fsp3) is 0. The maximum atomic E-state index is 9.19. The highest BCUT2D eigenvalue weighted by molar-refractivity contribution is 14.1. The summed E-state index contributed by atoms with van der Waals surface area (Å²) in [7, 11) is 0. The van der Waals surface area contributed by atoms with Crippen LogP contribution in [0.2, 0.25) is 0 Å². The molecule has 1 aromatic heterocycles. The zero-order valence-corrected chi connectivity index (χ0v) is 11.9. The van der Waals surface area contributed by atoms with Crippen LogP contribution in [0.25, 0.3) is 10.9 Å². The van der Waals surface area contributed by atoms with E-state index >= 15 is 0 Å². The molecule has 92 valence electrons. The first-order valence-electron chi connectivity index (χ1n) is 5.58. The summed E-state index contributed by atoms with van der Waals surface area (Å²) in [5, 5.41) is 17.2. The molecule has 2 aromatic carbocycles. The topological polar surface area (TPSA) is 61.7 Å². The number of benzene rings is 2. The van der Waals surface area contributed by atoms with Crippen molar-refractivity contribution in [1.82, 2.24) is 10.2 Å². The van der Waals surface area contributed by atoms with Gasteiger partial charge < -0.3 is 4.74 Å². The Morgan fingerprint density at radius 2 is 2.00 bits per heavy atom. The minimum absolute atomic E-state index is 0.472. The number of nitrogens with zero attached hydrogens (tertiary/aromatic N) is 2. The van der Waals surface area contributed by atoms with Crippen molar-refractivity contribution in [3.63, 3.8) is 0 Å². The first kappa shape index (κ1) is 12.0. The zero-order chi connectivity index (χ0) is 13.2. The van der Waals surface area contributed by atoms with Crippen molar-refractivity contribution in [1.29, 1.82) is 5.26 Å². The van der Waals surface area contributed by atoms with Crippen molar-refractivity contribution >= 4 is 33.5 Å². The van der Waals surface area contributed by atoms with E-state index < -0.39 is 0 Å². The summed E-state index contributed by atoms with van der Waals surface area (Å²) in [6.45, 7) is 0. The Hall–Kier alpha value is -2.07. The van der Waals surface area contributed by atoms with E-state index in [4.69, 9.17) is 4.74 Å². The van der Waals surface area contributed by atoms with Crippen LogP contribution in [0.1, 0.15) is 5.56 Å². The number of ether oxygens (including phenoxy) is 1. The Kier molecular flexibility index (Phi) is 3.09. The molecule has 0 fully saturated rings. The molecule has 1 heterocycles. The van der Waals surface area contributed by atoms with Gasteiger partial charge in [0.15, 0.2) is 0 Å². The largest absolute Gasteiger partial charge is 0.456 e. The highest BCUT2D eigenvalue weighted by Crippen LogP contribution is 2.30. The minimum Gasteiger partial charge on any atom is -0.456 e. The summed E-state index contributed by atoms with van der Waals surface area (Å²) in [5.74, 6) is 1.25. The van der Waals surface area contributed by atoms with Gasteiger partial charge in [-0.05, 0) is 46.9 Å². The Morgan fingerprint density at radius 3 is 2.74 bits per heavy atom. The molecule has 0 saturated heterocycles. The van der Waals surface area contributed by atoms with Crippen molar-refractivity contribution in [2.24, 2.45) is 0 Å². The van der Waals surface area contributed by atoms with E-state index in [0.717, 1.165) is 14.6 Å². The van der Waals surface area contributed by atoms with Gasteiger partial charge in [0, 0.05) is 5.39 Å². The fourth-order valence-electron chi connectivity index (χ4n) is 1.79. The van der Waals surface area contributed by atoms with Gasteiger partial charge in [-0.1, -0.05) is 18.2 Å². The molecule has 0 atom stereocenters. The number of aromatic nitrogens is 2. The molecule has 3 rings (SSSR count). The molecule has 0 aliphatic rings. The van der Waals surface area contributed by atoms with Crippen LogP contribution in [0.4, 0.5) is 0 Å². The summed E-state index contributed by atoms with van der Waals surface area (Å²) in [5.41, 5.74) is 1.24. The molecule has 0 spiro atoms. The van der Waals surface area contributed by atoms with Crippen LogP contribution in [-0.4, -0.2) is 10.2 Å². The molecule has 0 bridgehead atoms. The Balaban J connectivity index is 2.11. The van der Waals surface area contributed by atoms with Crippen molar-refractivity contribution in [2.75, 3.05) is 0 Å². The predicted octanol–water partition coefficient (Wildman–Crippen LogP) is 3.83. The summed E-state index contributed by atoms with van der Waals surface area (Å²) >= 11 is 2.17. The number of fused-ring (bicyclic) bond motifs is 1. The first-order valence-corrected chi connectivity index (χ1v) is 6.66. The Bertz CT molecular complexity index is 774. The van der Waals surface area contributed by atoms with Crippen LogP contribution in [0, 0.1) is 15.0 Å². The van der Waals surface area contributed by atoms with Gasteiger partial charge in [0.05, 0.1) is 11.1 Å². The molecule has 1 N–H and O–H groups in total. The summed E-state index contributed by atoms with van der Waals surface area (Å²) in [6, 6.07) is 15.1. The Labute approximate surface area is 123 Å². The third-order valence-corrected chi connectivity index (χ3v) is 3.52. The van der Waals surface area contributed by atoms with Crippen molar-refractivity contribution < 1.29 is 4.74 Å². The second kappa shape index (κ2) is 4.90. The SMILES string of the molecule is N#Cc1cc2n[nH]c(I)c2cc1Oc1ccccc1. The van der Waals surface area contributed by atoms with Gasteiger partial charge in [-0.2, -0.15) is 10.4 Å². The normalized spacial score (nSPS) is 10.3. The lowest BCUT2D eigenvalue weighted by Gasteiger charge is -2.07. The average Bonchev–Trinajstić information content (AvgIpc) is 2.80. The highest BCUT2D eigenvalue weighted by Gasteiger charge is 2.11. The zero-order valence-electron chi connectivity index (χ0n) is 9.72. The molecule has 3 aromatic rings. The van der Waals surface area contributed by atoms with Crippen LogP contribution < -0.4 is 4.74 Å². The smallest absolute Gasteiger partial charge is 0.146 e. The third-order valence-electron chi connectivity index (χ3n) is 2.70. The fourth-order valence-corrected chi connectivity index (χ4v) is 2.35. The lowest BCUT2D eigenvalue weighted by Crippen LogP contribution is -1.88. The number of hydrogen-bond acceptors (Lipinski definition) is 3. The molecule has 0 unspecified atom stereocenters. The molecule has 0 saturated carbocycles. The van der Waals surface area contributed by atoms with Crippen molar-refractivity contribution in [3.05, 3.63) is 51.7 Å². The van der Waals surface area contributed by atoms with E-state index in [9.17, 15) is 5.26 Å². The van der Waals surface area contributed by atoms with Gasteiger partial charge >= 0.3 is 0 Å². The van der Waals surface area contributed by atoms with Gasteiger partial charge in [0.2, 0.25) is 0 Å². The number of hydrogen-bond donors (Lipinski definition) is 1. The third kappa shape index (κ3) is 2.27. The molecular weight excluding hydrogens is 353 g/mol. The number of halogens is 1. The predicted molar refractivity (Wildman–Crippen MR) is 80.0 cm³/mol. The van der Waals surface area contributed by atoms with E-state index in [1.165, 1.54) is 0 Å². The van der Waals surface area contributed by atoms with Crippen molar-refractivity contribution in [3.8, 4) is 17.6 Å². The van der Waals surface area contributed by atoms with Gasteiger partial charge in [0.25, 0.3) is 0 Å². The minimum atomic E-state index is 0.472. The van der Waals surface area contributed by atoms with Crippen molar-refractivity contribution in [2.45, 2.75) is 0 Å². The van der Waals surface area contributed by atoms with E-state index in [-0.39, 0.29) is 0 Å². The standard InChI is InChI=1S/C14H8IN3O/c15-14-11-7-13(19-10-4-2-1-3-5-10)9(8-16)6-12(11)17-18-14/h1-7H,(H,17,18). The maximum Gasteiger partial charge on any atom is 0.146 e. The summed E-state index contributed by atoms with van der Waals surface area (Å²) in [4.78, 5) is 0. The van der Waals surface area contributed by atoms with E-state index in [0.29, 0.717) is 17.1 Å². The molecule has 0 radical (unpaired) electrons. The molecule has 4 nitrogen and oxygen atoms in total. The number of rotatable bonds is 2.